The summed E-state index contributed by atoms with van der Waals surface area (Å²) in [5, 5.41) is 0.588. The van der Waals surface area contributed by atoms with Gasteiger partial charge in [0.25, 0.3) is 5.91 Å². The number of morpholine rings is 1. The summed E-state index contributed by atoms with van der Waals surface area (Å²) in [7, 11) is 0. The van der Waals surface area contributed by atoms with Crippen molar-refractivity contribution in [2.75, 3.05) is 13.1 Å². The molecule has 2 atom stereocenters. The Balaban J connectivity index is 1.62. The van der Waals surface area contributed by atoms with Gasteiger partial charge in [-0.05, 0) is 43.7 Å². The second-order valence-electron chi connectivity index (χ2n) is 6.38. The minimum absolute atomic E-state index is 0.0422. The van der Waals surface area contributed by atoms with Gasteiger partial charge in [-0.3, -0.25) is 4.79 Å². The zero-order valence-electron chi connectivity index (χ0n) is 14.4. The molecule has 1 fully saturated rings. The van der Waals surface area contributed by atoms with E-state index in [4.69, 9.17) is 21.1 Å². The van der Waals surface area contributed by atoms with Gasteiger partial charge in [0, 0.05) is 18.7 Å². The number of nitrogens with zero attached hydrogens (tertiary/aromatic N) is 1. The van der Waals surface area contributed by atoms with Crippen LogP contribution < -0.4 is 4.74 Å². The maximum Gasteiger partial charge on any atom is 0.254 e. The highest BCUT2D eigenvalue weighted by atomic mass is 35.5. The van der Waals surface area contributed by atoms with Crippen molar-refractivity contribution in [2.45, 2.75) is 32.7 Å². The maximum atomic E-state index is 12.6. The molecule has 0 aliphatic carbocycles. The summed E-state index contributed by atoms with van der Waals surface area (Å²) in [6, 6.07) is 14.9. The van der Waals surface area contributed by atoms with Crippen LogP contribution in [-0.2, 0) is 11.3 Å². The van der Waals surface area contributed by atoms with Crippen molar-refractivity contribution in [1.29, 1.82) is 0 Å². The van der Waals surface area contributed by atoms with Crippen molar-refractivity contribution in [1.82, 2.24) is 4.90 Å². The largest absolute Gasteiger partial charge is 0.487 e. The van der Waals surface area contributed by atoms with Gasteiger partial charge in [0.1, 0.15) is 12.4 Å². The average Bonchev–Trinajstić information content (AvgIpc) is 2.60. The van der Waals surface area contributed by atoms with Gasteiger partial charge in [-0.15, -0.1) is 0 Å². The topological polar surface area (TPSA) is 38.8 Å². The lowest BCUT2D eigenvalue weighted by molar-refractivity contribution is -0.0586. The molecular weight excluding hydrogens is 338 g/mol. The fourth-order valence-electron chi connectivity index (χ4n) is 2.99. The van der Waals surface area contributed by atoms with Gasteiger partial charge in [-0.25, -0.2) is 0 Å². The zero-order valence-corrected chi connectivity index (χ0v) is 15.2. The van der Waals surface area contributed by atoms with Crippen LogP contribution in [0.4, 0.5) is 0 Å². The van der Waals surface area contributed by atoms with E-state index in [1.807, 2.05) is 61.2 Å². The molecule has 1 saturated heterocycles. The van der Waals surface area contributed by atoms with Crippen LogP contribution in [0.25, 0.3) is 0 Å². The van der Waals surface area contributed by atoms with Crippen molar-refractivity contribution in [3.8, 4) is 5.75 Å². The second-order valence-corrected chi connectivity index (χ2v) is 6.79. The quantitative estimate of drug-likeness (QED) is 0.822. The summed E-state index contributed by atoms with van der Waals surface area (Å²) in [6.07, 6.45) is 0.131. The Kier molecular flexibility index (Phi) is 5.61. The Labute approximate surface area is 153 Å². The molecular formula is C20H22ClNO3. The van der Waals surface area contributed by atoms with Crippen molar-refractivity contribution < 1.29 is 14.3 Å². The molecule has 1 amide bonds. The summed E-state index contributed by atoms with van der Waals surface area (Å²) in [5.41, 5.74) is 1.67. The van der Waals surface area contributed by atoms with Crippen LogP contribution >= 0.6 is 11.6 Å². The summed E-state index contributed by atoms with van der Waals surface area (Å²) >= 11 is 6.08. The summed E-state index contributed by atoms with van der Waals surface area (Å²) in [6.45, 7) is 5.64. The number of halogens is 1. The van der Waals surface area contributed by atoms with Gasteiger partial charge in [-0.2, -0.15) is 0 Å². The predicted octanol–water partition coefficient (Wildman–Crippen LogP) is 4.17. The molecule has 25 heavy (non-hydrogen) atoms. The first kappa shape index (κ1) is 17.8. The third-order valence-electron chi connectivity index (χ3n) is 4.14. The lowest BCUT2D eigenvalue weighted by Crippen LogP contribution is -2.48. The molecule has 2 aromatic carbocycles. The van der Waals surface area contributed by atoms with Crippen LogP contribution in [0.1, 0.15) is 29.8 Å². The molecule has 1 aliphatic heterocycles. The Morgan fingerprint density at radius 1 is 1.12 bits per heavy atom. The first-order valence-electron chi connectivity index (χ1n) is 8.44. The molecule has 0 aromatic heterocycles. The predicted molar refractivity (Wildman–Crippen MR) is 98.1 cm³/mol. The molecule has 0 unspecified atom stereocenters. The molecule has 0 radical (unpaired) electrons. The maximum absolute atomic E-state index is 12.6. The molecule has 1 heterocycles. The fraction of sp³-hybridized carbons (Fsp3) is 0.350. The van der Waals surface area contributed by atoms with E-state index in [1.165, 1.54) is 0 Å². The van der Waals surface area contributed by atoms with E-state index < -0.39 is 0 Å². The molecule has 132 valence electrons. The van der Waals surface area contributed by atoms with Crippen LogP contribution in [-0.4, -0.2) is 36.1 Å². The van der Waals surface area contributed by atoms with E-state index in [-0.39, 0.29) is 18.1 Å². The smallest absolute Gasteiger partial charge is 0.254 e. The number of carbonyl (C=O) groups excluding carboxylic acids is 1. The van der Waals surface area contributed by atoms with E-state index >= 15 is 0 Å². The van der Waals surface area contributed by atoms with Crippen molar-refractivity contribution >= 4 is 17.5 Å². The van der Waals surface area contributed by atoms with E-state index in [9.17, 15) is 4.79 Å². The minimum atomic E-state index is 0.0422. The Bertz CT molecular complexity index is 722. The van der Waals surface area contributed by atoms with Crippen molar-refractivity contribution in [3.05, 3.63) is 64.7 Å². The van der Waals surface area contributed by atoms with E-state index in [2.05, 4.69) is 0 Å². The fourth-order valence-corrected chi connectivity index (χ4v) is 3.18. The van der Waals surface area contributed by atoms with Gasteiger partial charge in [-0.1, -0.05) is 35.9 Å². The monoisotopic (exact) mass is 359 g/mol. The third-order valence-corrected chi connectivity index (χ3v) is 4.45. The summed E-state index contributed by atoms with van der Waals surface area (Å²) in [5.74, 6) is 0.696. The molecule has 0 saturated carbocycles. The average molecular weight is 360 g/mol. The number of ether oxygens (including phenoxy) is 2. The molecule has 5 heteroatoms. The normalized spacial score (nSPS) is 20.4. The van der Waals surface area contributed by atoms with Gasteiger partial charge < -0.3 is 14.4 Å². The van der Waals surface area contributed by atoms with Gasteiger partial charge in [0.05, 0.1) is 17.2 Å². The molecule has 0 N–H and O–H groups in total. The zero-order chi connectivity index (χ0) is 17.8. The van der Waals surface area contributed by atoms with Gasteiger partial charge in [0.15, 0.2) is 0 Å². The lowest BCUT2D eigenvalue weighted by Gasteiger charge is -2.35. The lowest BCUT2D eigenvalue weighted by atomic mass is 10.1. The highest BCUT2D eigenvalue weighted by molar-refractivity contribution is 6.32. The Morgan fingerprint density at radius 3 is 2.40 bits per heavy atom. The number of hydrogen-bond donors (Lipinski definition) is 0. The van der Waals surface area contributed by atoms with Crippen molar-refractivity contribution in [3.63, 3.8) is 0 Å². The molecule has 2 aromatic rings. The molecule has 4 nitrogen and oxygen atoms in total. The number of para-hydroxylation sites is 1. The van der Waals surface area contributed by atoms with Crippen LogP contribution in [0.5, 0.6) is 5.75 Å². The minimum Gasteiger partial charge on any atom is -0.487 e. The molecule has 3 rings (SSSR count). The number of hydrogen-bond acceptors (Lipinski definition) is 3. The Morgan fingerprint density at radius 2 is 1.76 bits per heavy atom. The van der Waals surface area contributed by atoms with Crippen LogP contribution in [0.2, 0.25) is 5.02 Å². The first-order chi connectivity index (χ1) is 12.0. The van der Waals surface area contributed by atoms with Crippen LogP contribution in [0, 0.1) is 0 Å². The van der Waals surface area contributed by atoms with E-state index in [0.29, 0.717) is 36.0 Å². The first-order valence-corrected chi connectivity index (χ1v) is 8.81. The number of benzene rings is 2. The van der Waals surface area contributed by atoms with Crippen LogP contribution in [0.15, 0.2) is 48.5 Å². The SMILES string of the molecule is C[C@@H]1CN(C(=O)c2ccc(COc3ccccc3Cl)cc2)C[C@H](C)O1. The van der Waals surface area contributed by atoms with E-state index in [0.717, 1.165) is 5.56 Å². The van der Waals surface area contributed by atoms with Gasteiger partial charge in [0.2, 0.25) is 0 Å². The second kappa shape index (κ2) is 7.89. The number of amides is 1. The third kappa shape index (κ3) is 4.53. The number of carbonyl (C=O) groups is 1. The highest BCUT2D eigenvalue weighted by Gasteiger charge is 2.26. The van der Waals surface area contributed by atoms with Crippen molar-refractivity contribution in [2.24, 2.45) is 0 Å². The Hall–Kier alpha value is -2.04. The highest BCUT2D eigenvalue weighted by Crippen LogP contribution is 2.24. The molecule has 1 aliphatic rings. The molecule has 0 bridgehead atoms. The summed E-state index contributed by atoms with van der Waals surface area (Å²) in [4.78, 5) is 14.5. The van der Waals surface area contributed by atoms with Gasteiger partial charge >= 0.3 is 0 Å². The van der Waals surface area contributed by atoms with E-state index in [1.54, 1.807) is 6.07 Å². The van der Waals surface area contributed by atoms with Crippen LogP contribution in [0.3, 0.4) is 0 Å². The standard InChI is InChI=1S/C20H22ClNO3/c1-14-11-22(12-15(2)25-14)20(23)17-9-7-16(8-10-17)13-24-19-6-4-3-5-18(19)21/h3-10,14-15H,11-13H2,1-2H3/t14-,15+. The molecule has 0 spiro atoms. The summed E-state index contributed by atoms with van der Waals surface area (Å²) < 4.78 is 11.4. The number of rotatable bonds is 4.